The van der Waals surface area contributed by atoms with Crippen LogP contribution < -0.4 is 0 Å². The number of unbranched alkanes of at least 4 members (excludes halogenated alkanes) is 2. The SMILES string of the molecule is CCCCc1ccc(-c2ccc(C3OCC(CCCC)CO3)cc2)cc1. The van der Waals surface area contributed by atoms with Crippen molar-refractivity contribution in [3.05, 3.63) is 59.7 Å². The zero-order chi connectivity index (χ0) is 18.2. The van der Waals surface area contributed by atoms with Gasteiger partial charge in [-0.15, -0.1) is 0 Å². The van der Waals surface area contributed by atoms with Gasteiger partial charge in [-0.05, 0) is 36.0 Å². The van der Waals surface area contributed by atoms with Crippen LogP contribution in [0.15, 0.2) is 48.5 Å². The van der Waals surface area contributed by atoms with Crippen LogP contribution in [0, 0.1) is 5.92 Å². The summed E-state index contributed by atoms with van der Waals surface area (Å²) in [6.45, 7) is 6.09. The first kappa shape index (κ1) is 19.1. The number of rotatable bonds is 8. The van der Waals surface area contributed by atoms with Gasteiger partial charge in [0.1, 0.15) is 0 Å². The van der Waals surface area contributed by atoms with Crippen molar-refractivity contribution >= 4 is 0 Å². The van der Waals surface area contributed by atoms with Crippen LogP contribution >= 0.6 is 0 Å². The van der Waals surface area contributed by atoms with Gasteiger partial charge in [-0.25, -0.2) is 0 Å². The molecule has 26 heavy (non-hydrogen) atoms. The van der Waals surface area contributed by atoms with Gasteiger partial charge in [-0.1, -0.05) is 81.6 Å². The third-order valence-corrected chi connectivity index (χ3v) is 5.22. The van der Waals surface area contributed by atoms with Crippen molar-refractivity contribution in [1.29, 1.82) is 0 Å². The zero-order valence-electron chi connectivity index (χ0n) is 16.2. The van der Waals surface area contributed by atoms with E-state index in [0.717, 1.165) is 18.8 Å². The number of hydrogen-bond acceptors (Lipinski definition) is 2. The Bertz CT molecular complexity index is 637. The minimum Gasteiger partial charge on any atom is -0.348 e. The predicted molar refractivity (Wildman–Crippen MR) is 108 cm³/mol. The lowest BCUT2D eigenvalue weighted by Gasteiger charge is -2.29. The van der Waals surface area contributed by atoms with Gasteiger partial charge in [0.05, 0.1) is 13.2 Å². The van der Waals surface area contributed by atoms with E-state index in [1.807, 2.05) is 0 Å². The van der Waals surface area contributed by atoms with Gasteiger partial charge in [-0.2, -0.15) is 0 Å². The molecule has 0 bridgehead atoms. The summed E-state index contributed by atoms with van der Waals surface area (Å²) < 4.78 is 11.9. The summed E-state index contributed by atoms with van der Waals surface area (Å²) in [4.78, 5) is 0. The number of hydrogen-bond donors (Lipinski definition) is 0. The fourth-order valence-corrected chi connectivity index (χ4v) is 3.47. The number of aryl methyl sites for hydroxylation is 1. The summed E-state index contributed by atoms with van der Waals surface area (Å²) in [5.74, 6) is 0.552. The maximum absolute atomic E-state index is 5.95. The summed E-state index contributed by atoms with van der Waals surface area (Å²) in [6.07, 6.45) is 7.16. The quantitative estimate of drug-likeness (QED) is 0.536. The Morgan fingerprint density at radius 3 is 1.92 bits per heavy atom. The van der Waals surface area contributed by atoms with Crippen molar-refractivity contribution in [3.8, 4) is 11.1 Å². The lowest BCUT2D eigenvalue weighted by molar-refractivity contribution is -0.206. The maximum atomic E-state index is 5.95. The zero-order valence-corrected chi connectivity index (χ0v) is 16.2. The molecule has 2 heteroatoms. The number of ether oxygens (including phenoxy) is 2. The lowest BCUT2D eigenvalue weighted by atomic mass is 10.00. The average Bonchev–Trinajstić information content (AvgIpc) is 2.72. The maximum Gasteiger partial charge on any atom is 0.183 e. The first-order valence-corrected chi connectivity index (χ1v) is 10.2. The molecule has 0 aliphatic carbocycles. The Kier molecular flexibility index (Phi) is 7.28. The molecule has 0 unspecified atom stereocenters. The Morgan fingerprint density at radius 2 is 1.35 bits per heavy atom. The van der Waals surface area contributed by atoms with Crippen molar-refractivity contribution in [3.63, 3.8) is 0 Å². The molecule has 1 fully saturated rings. The molecule has 0 N–H and O–H groups in total. The highest BCUT2D eigenvalue weighted by atomic mass is 16.7. The molecule has 0 saturated carbocycles. The summed E-state index contributed by atoms with van der Waals surface area (Å²) in [5.41, 5.74) is 5.05. The van der Waals surface area contributed by atoms with Gasteiger partial charge in [0.25, 0.3) is 0 Å². The number of benzene rings is 2. The van der Waals surface area contributed by atoms with E-state index in [1.54, 1.807) is 0 Å². The highest BCUT2D eigenvalue weighted by Gasteiger charge is 2.23. The van der Waals surface area contributed by atoms with Crippen molar-refractivity contribution < 1.29 is 9.47 Å². The molecular weight excluding hydrogens is 320 g/mol. The summed E-state index contributed by atoms with van der Waals surface area (Å²) in [7, 11) is 0. The topological polar surface area (TPSA) is 18.5 Å². The fourth-order valence-electron chi connectivity index (χ4n) is 3.47. The van der Waals surface area contributed by atoms with E-state index < -0.39 is 0 Å². The van der Waals surface area contributed by atoms with Crippen LogP contribution in [0.1, 0.15) is 63.4 Å². The van der Waals surface area contributed by atoms with E-state index in [4.69, 9.17) is 9.47 Å². The monoisotopic (exact) mass is 352 g/mol. The van der Waals surface area contributed by atoms with Gasteiger partial charge in [0.15, 0.2) is 6.29 Å². The van der Waals surface area contributed by atoms with E-state index in [-0.39, 0.29) is 6.29 Å². The van der Waals surface area contributed by atoms with Crippen molar-refractivity contribution in [1.82, 2.24) is 0 Å². The summed E-state index contributed by atoms with van der Waals surface area (Å²) in [5, 5.41) is 0. The van der Waals surface area contributed by atoms with Crippen LogP contribution in [0.3, 0.4) is 0 Å². The van der Waals surface area contributed by atoms with Crippen LogP contribution in [-0.2, 0) is 15.9 Å². The highest BCUT2D eigenvalue weighted by Crippen LogP contribution is 2.29. The summed E-state index contributed by atoms with van der Waals surface area (Å²) >= 11 is 0. The van der Waals surface area contributed by atoms with Crippen LogP contribution in [-0.4, -0.2) is 13.2 Å². The molecule has 0 atom stereocenters. The molecule has 140 valence electrons. The molecule has 3 rings (SSSR count). The third kappa shape index (κ3) is 5.18. The second kappa shape index (κ2) is 9.89. The second-order valence-corrected chi connectivity index (χ2v) is 7.43. The van der Waals surface area contributed by atoms with Gasteiger partial charge < -0.3 is 9.47 Å². The average molecular weight is 353 g/mol. The fraction of sp³-hybridized carbons (Fsp3) is 0.500. The normalized spacial score (nSPS) is 20.2. The van der Waals surface area contributed by atoms with Gasteiger partial charge in [0, 0.05) is 11.5 Å². The summed E-state index contributed by atoms with van der Waals surface area (Å²) in [6, 6.07) is 17.6. The second-order valence-electron chi connectivity index (χ2n) is 7.43. The first-order chi connectivity index (χ1) is 12.8. The molecule has 0 radical (unpaired) electrons. The van der Waals surface area contributed by atoms with Crippen LogP contribution in [0.25, 0.3) is 11.1 Å². The predicted octanol–water partition coefficient (Wildman–Crippen LogP) is 6.55. The molecular formula is C24H32O2. The molecule has 0 aromatic heterocycles. The lowest BCUT2D eigenvalue weighted by Crippen LogP contribution is -2.27. The molecule has 2 nitrogen and oxygen atoms in total. The molecule has 1 aliphatic heterocycles. The van der Waals surface area contributed by atoms with Crippen LogP contribution in [0.2, 0.25) is 0 Å². The Morgan fingerprint density at radius 1 is 0.769 bits per heavy atom. The highest BCUT2D eigenvalue weighted by molar-refractivity contribution is 5.64. The van der Waals surface area contributed by atoms with Gasteiger partial charge in [-0.3, -0.25) is 0 Å². The van der Waals surface area contributed by atoms with E-state index >= 15 is 0 Å². The molecule has 2 aromatic rings. The van der Waals surface area contributed by atoms with Crippen molar-refractivity contribution in [2.24, 2.45) is 5.92 Å². The molecule has 1 aliphatic rings. The van der Waals surface area contributed by atoms with Crippen molar-refractivity contribution in [2.45, 2.75) is 58.7 Å². The van der Waals surface area contributed by atoms with Crippen LogP contribution in [0.4, 0.5) is 0 Å². The molecule has 2 aromatic carbocycles. The van der Waals surface area contributed by atoms with Crippen LogP contribution in [0.5, 0.6) is 0 Å². The molecule has 1 heterocycles. The first-order valence-electron chi connectivity index (χ1n) is 10.2. The van der Waals surface area contributed by atoms with E-state index in [2.05, 4.69) is 62.4 Å². The molecule has 0 spiro atoms. The molecule has 0 amide bonds. The Labute approximate surface area is 158 Å². The smallest absolute Gasteiger partial charge is 0.183 e. The van der Waals surface area contributed by atoms with Gasteiger partial charge in [0.2, 0.25) is 0 Å². The van der Waals surface area contributed by atoms with E-state index in [0.29, 0.717) is 5.92 Å². The minimum absolute atomic E-state index is 0.210. The van der Waals surface area contributed by atoms with Gasteiger partial charge >= 0.3 is 0 Å². The van der Waals surface area contributed by atoms with E-state index in [1.165, 1.54) is 55.2 Å². The molecule has 1 saturated heterocycles. The van der Waals surface area contributed by atoms with Crippen molar-refractivity contribution in [2.75, 3.05) is 13.2 Å². The largest absolute Gasteiger partial charge is 0.348 e. The third-order valence-electron chi connectivity index (χ3n) is 5.22. The van der Waals surface area contributed by atoms with E-state index in [9.17, 15) is 0 Å². The Hall–Kier alpha value is -1.64. The standard InChI is InChI=1S/C24H32O2/c1-3-5-7-19-9-11-21(12-10-19)22-13-15-23(16-14-22)24-25-17-20(18-26-24)8-6-4-2/h9-16,20,24H,3-8,17-18H2,1-2H3. The Balaban J connectivity index is 1.57. The minimum atomic E-state index is -0.210.